The lowest BCUT2D eigenvalue weighted by atomic mass is 9.93. The summed E-state index contributed by atoms with van der Waals surface area (Å²) >= 11 is 0. The number of piperidine rings is 1. The van der Waals surface area contributed by atoms with Gasteiger partial charge in [0.1, 0.15) is 0 Å². The maximum absolute atomic E-state index is 8.77. The highest BCUT2D eigenvalue weighted by Crippen LogP contribution is 2.21. The van der Waals surface area contributed by atoms with Gasteiger partial charge in [-0.1, -0.05) is 0 Å². The summed E-state index contributed by atoms with van der Waals surface area (Å²) in [5, 5.41) is 17.5. The highest BCUT2D eigenvalue weighted by Gasteiger charge is 2.21. The number of likely N-dealkylation sites (tertiary alicyclic amines) is 1. The molecule has 0 aromatic rings. The van der Waals surface area contributed by atoms with Crippen molar-refractivity contribution in [2.45, 2.75) is 32.2 Å². The normalized spacial score (nSPS) is 22.5. The van der Waals surface area contributed by atoms with E-state index in [1.165, 1.54) is 0 Å². The Bertz CT molecular complexity index is 180. The van der Waals surface area contributed by atoms with Crippen LogP contribution < -0.4 is 0 Å². The van der Waals surface area contributed by atoms with Gasteiger partial charge in [-0.2, -0.15) is 5.26 Å². The monoisotopic (exact) mass is 182 g/mol. The van der Waals surface area contributed by atoms with Gasteiger partial charge in [0.15, 0.2) is 0 Å². The van der Waals surface area contributed by atoms with E-state index >= 15 is 0 Å². The molecule has 1 heterocycles. The fourth-order valence-electron chi connectivity index (χ4n) is 1.89. The van der Waals surface area contributed by atoms with Crippen molar-refractivity contribution in [1.29, 1.82) is 5.26 Å². The van der Waals surface area contributed by atoms with E-state index in [1.54, 1.807) is 0 Å². The standard InChI is InChI=1S/C10H18N2O/c1-9(8-11)12-5-2-10(3-6-12)4-7-13/h9-10,13H,2-7H2,1H3. The van der Waals surface area contributed by atoms with Gasteiger partial charge in [-0.15, -0.1) is 0 Å². The summed E-state index contributed by atoms with van der Waals surface area (Å²) in [4.78, 5) is 2.22. The Labute approximate surface area is 80.0 Å². The third-order valence-corrected chi connectivity index (χ3v) is 2.92. The lowest BCUT2D eigenvalue weighted by Gasteiger charge is -2.33. The van der Waals surface area contributed by atoms with Crippen molar-refractivity contribution in [3.63, 3.8) is 0 Å². The number of rotatable bonds is 3. The maximum atomic E-state index is 8.77. The van der Waals surface area contributed by atoms with Gasteiger partial charge in [0.25, 0.3) is 0 Å². The largest absolute Gasteiger partial charge is 0.396 e. The van der Waals surface area contributed by atoms with E-state index in [-0.39, 0.29) is 6.04 Å². The smallest absolute Gasteiger partial charge is 0.0949 e. The highest BCUT2D eigenvalue weighted by atomic mass is 16.3. The number of hydrogen-bond acceptors (Lipinski definition) is 3. The molecule has 0 aliphatic carbocycles. The van der Waals surface area contributed by atoms with Gasteiger partial charge in [0, 0.05) is 6.61 Å². The van der Waals surface area contributed by atoms with Gasteiger partial charge >= 0.3 is 0 Å². The summed E-state index contributed by atoms with van der Waals surface area (Å²) in [6, 6.07) is 2.31. The maximum Gasteiger partial charge on any atom is 0.0949 e. The summed E-state index contributed by atoms with van der Waals surface area (Å²) in [7, 11) is 0. The zero-order valence-corrected chi connectivity index (χ0v) is 8.24. The summed E-state index contributed by atoms with van der Waals surface area (Å²) in [6.07, 6.45) is 3.19. The molecule has 0 saturated carbocycles. The second-order valence-electron chi connectivity index (χ2n) is 3.80. The molecule has 0 aromatic heterocycles. The van der Waals surface area contributed by atoms with Crippen LogP contribution in [0.15, 0.2) is 0 Å². The minimum Gasteiger partial charge on any atom is -0.396 e. The van der Waals surface area contributed by atoms with Crippen molar-refractivity contribution in [3.05, 3.63) is 0 Å². The molecule has 0 spiro atoms. The van der Waals surface area contributed by atoms with E-state index < -0.39 is 0 Å². The van der Waals surface area contributed by atoms with Gasteiger partial charge in [-0.25, -0.2) is 0 Å². The second-order valence-corrected chi connectivity index (χ2v) is 3.80. The topological polar surface area (TPSA) is 47.3 Å². The van der Waals surface area contributed by atoms with Crippen molar-refractivity contribution in [3.8, 4) is 6.07 Å². The average molecular weight is 182 g/mol. The van der Waals surface area contributed by atoms with E-state index in [2.05, 4.69) is 11.0 Å². The number of hydrogen-bond donors (Lipinski definition) is 1. The molecular weight excluding hydrogens is 164 g/mol. The molecule has 3 heteroatoms. The van der Waals surface area contributed by atoms with E-state index in [0.717, 1.165) is 32.4 Å². The number of nitrogens with zero attached hydrogens (tertiary/aromatic N) is 2. The molecule has 0 bridgehead atoms. The molecule has 1 unspecified atom stereocenters. The SMILES string of the molecule is CC(C#N)N1CCC(CCO)CC1. The average Bonchev–Trinajstić information content (AvgIpc) is 2.18. The molecule has 13 heavy (non-hydrogen) atoms. The van der Waals surface area contributed by atoms with Gasteiger partial charge in [0.05, 0.1) is 12.1 Å². The zero-order valence-electron chi connectivity index (χ0n) is 8.24. The summed E-state index contributed by atoms with van der Waals surface area (Å²) < 4.78 is 0. The van der Waals surface area contributed by atoms with Crippen LogP contribution in [-0.2, 0) is 0 Å². The van der Waals surface area contributed by atoms with E-state index in [4.69, 9.17) is 10.4 Å². The Morgan fingerprint density at radius 3 is 2.62 bits per heavy atom. The van der Waals surface area contributed by atoms with Crippen LogP contribution in [0.4, 0.5) is 0 Å². The lowest BCUT2D eigenvalue weighted by molar-refractivity contribution is 0.144. The molecule has 0 radical (unpaired) electrons. The number of nitriles is 1. The molecule has 1 fully saturated rings. The first kappa shape index (κ1) is 10.5. The molecule has 74 valence electrons. The van der Waals surface area contributed by atoms with Crippen LogP contribution in [0.1, 0.15) is 26.2 Å². The number of aliphatic hydroxyl groups is 1. The zero-order chi connectivity index (χ0) is 9.68. The van der Waals surface area contributed by atoms with Gasteiger partial charge in [-0.3, -0.25) is 4.90 Å². The Balaban J connectivity index is 2.27. The first-order chi connectivity index (χ1) is 6.27. The van der Waals surface area contributed by atoms with Gasteiger partial charge in [0.2, 0.25) is 0 Å². The van der Waals surface area contributed by atoms with E-state index in [0.29, 0.717) is 12.5 Å². The summed E-state index contributed by atoms with van der Waals surface area (Å²) in [5.74, 6) is 0.673. The third kappa shape index (κ3) is 2.98. The number of aliphatic hydroxyl groups excluding tert-OH is 1. The Morgan fingerprint density at radius 2 is 2.15 bits per heavy atom. The molecule has 1 aliphatic rings. The summed E-state index contributed by atoms with van der Waals surface area (Å²) in [5.41, 5.74) is 0. The second kappa shape index (κ2) is 5.21. The fourth-order valence-corrected chi connectivity index (χ4v) is 1.89. The minimum absolute atomic E-state index is 0.0510. The predicted molar refractivity (Wildman–Crippen MR) is 51.1 cm³/mol. The summed E-state index contributed by atoms with van der Waals surface area (Å²) in [6.45, 7) is 4.28. The van der Waals surface area contributed by atoms with Crippen LogP contribution in [0.2, 0.25) is 0 Å². The van der Waals surface area contributed by atoms with Crippen molar-refractivity contribution in [2.24, 2.45) is 5.92 Å². The van der Waals surface area contributed by atoms with Crippen LogP contribution in [0.25, 0.3) is 0 Å². The van der Waals surface area contributed by atoms with Crippen molar-refractivity contribution < 1.29 is 5.11 Å². The van der Waals surface area contributed by atoms with E-state index in [9.17, 15) is 0 Å². The Kier molecular flexibility index (Phi) is 4.20. The highest BCUT2D eigenvalue weighted by molar-refractivity contribution is 4.89. The quantitative estimate of drug-likeness (QED) is 0.708. The fraction of sp³-hybridized carbons (Fsp3) is 0.900. The van der Waals surface area contributed by atoms with Crippen LogP contribution in [0, 0.1) is 17.2 Å². The van der Waals surface area contributed by atoms with Crippen LogP contribution in [-0.4, -0.2) is 35.7 Å². The van der Waals surface area contributed by atoms with Crippen LogP contribution in [0.5, 0.6) is 0 Å². The van der Waals surface area contributed by atoms with E-state index in [1.807, 2.05) is 6.92 Å². The van der Waals surface area contributed by atoms with Gasteiger partial charge < -0.3 is 5.11 Å². The minimum atomic E-state index is 0.0510. The first-order valence-corrected chi connectivity index (χ1v) is 5.02. The molecule has 0 amide bonds. The van der Waals surface area contributed by atoms with Crippen molar-refractivity contribution >= 4 is 0 Å². The molecule has 0 aromatic carbocycles. The van der Waals surface area contributed by atoms with Crippen LogP contribution >= 0.6 is 0 Å². The Morgan fingerprint density at radius 1 is 1.54 bits per heavy atom. The molecule has 1 aliphatic heterocycles. The van der Waals surface area contributed by atoms with Gasteiger partial charge in [-0.05, 0) is 45.2 Å². The predicted octanol–water partition coefficient (Wildman–Crippen LogP) is 0.993. The third-order valence-electron chi connectivity index (χ3n) is 2.92. The van der Waals surface area contributed by atoms with Crippen molar-refractivity contribution in [1.82, 2.24) is 4.90 Å². The van der Waals surface area contributed by atoms with Crippen LogP contribution in [0.3, 0.4) is 0 Å². The molecular formula is C10H18N2O. The lowest BCUT2D eigenvalue weighted by Crippen LogP contribution is -2.39. The molecule has 3 nitrogen and oxygen atoms in total. The molecule has 1 rings (SSSR count). The first-order valence-electron chi connectivity index (χ1n) is 5.02. The Hall–Kier alpha value is -0.590. The van der Waals surface area contributed by atoms with Crippen molar-refractivity contribution in [2.75, 3.05) is 19.7 Å². The molecule has 1 saturated heterocycles. The molecule has 1 atom stereocenters. The molecule has 1 N–H and O–H groups in total.